The molecule has 1 heterocycles. The average Bonchev–Trinajstić information content (AvgIpc) is 3.12. The number of imide groups is 1. The monoisotopic (exact) mass is 506 g/mol. The van der Waals surface area contributed by atoms with Crippen LogP contribution < -0.4 is 10.1 Å². The fourth-order valence-electron chi connectivity index (χ4n) is 3.29. The Morgan fingerprint density at radius 2 is 1.69 bits per heavy atom. The largest absolute Gasteiger partial charge is 0.488 e. The Bertz CT molecular complexity index is 1360. The van der Waals surface area contributed by atoms with Crippen LogP contribution in [-0.4, -0.2) is 39.6 Å². The number of carboxylic acid groups (broad SMARTS) is 1. The van der Waals surface area contributed by atoms with Crippen molar-refractivity contribution in [2.24, 2.45) is 0 Å². The van der Waals surface area contributed by atoms with Gasteiger partial charge >= 0.3 is 5.97 Å². The summed E-state index contributed by atoms with van der Waals surface area (Å²) in [6.45, 7) is -0.320. The molecule has 3 amide bonds. The summed E-state index contributed by atoms with van der Waals surface area (Å²) in [5.41, 5.74) is 1.82. The summed E-state index contributed by atoms with van der Waals surface area (Å²) in [5, 5.41) is 10.9. The molecule has 0 unspecified atom stereocenters. The fraction of sp³-hybridized carbons (Fsp3) is 0.0769. The van der Waals surface area contributed by atoms with Gasteiger partial charge in [-0.3, -0.25) is 19.3 Å². The van der Waals surface area contributed by atoms with Crippen LogP contribution in [0, 0.1) is 5.82 Å². The number of nitrogens with one attached hydrogen (secondary N) is 1. The van der Waals surface area contributed by atoms with Crippen molar-refractivity contribution in [3.63, 3.8) is 0 Å². The van der Waals surface area contributed by atoms with Crippen LogP contribution in [0.15, 0.2) is 77.7 Å². The Hall–Kier alpha value is -4.44. The predicted molar refractivity (Wildman–Crippen MR) is 132 cm³/mol. The first-order chi connectivity index (χ1) is 17.3. The summed E-state index contributed by atoms with van der Waals surface area (Å²) in [6, 6.07) is 18.3. The lowest BCUT2D eigenvalue weighted by Crippen LogP contribution is -2.36. The third-order valence-corrected chi connectivity index (χ3v) is 6.01. The molecule has 4 rings (SSSR count). The lowest BCUT2D eigenvalue weighted by atomic mass is 10.1. The third-order valence-electron chi connectivity index (χ3n) is 5.10. The topological polar surface area (TPSA) is 113 Å². The van der Waals surface area contributed by atoms with Crippen LogP contribution in [-0.2, 0) is 16.2 Å². The summed E-state index contributed by atoms with van der Waals surface area (Å²) in [5.74, 6) is -2.22. The normalized spacial score (nSPS) is 14.2. The molecule has 2 N–H and O–H groups in total. The number of nitrogens with zero attached hydrogens (tertiary/aromatic N) is 1. The average molecular weight is 507 g/mol. The highest BCUT2D eigenvalue weighted by Crippen LogP contribution is 2.34. The number of thioether (sulfide) groups is 1. The maximum atomic E-state index is 13.0. The second-order valence-electron chi connectivity index (χ2n) is 7.65. The van der Waals surface area contributed by atoms with E-state index in [1.165, 1.54) is 42.5 Å². The molecule has 1 fully saturated rings. The lowest BCUT2D eigenvalue weighted by molar-refractivity contribution is -0.127. The van der Waals surface area contributed by atoms with Crippen LogP contribution >= 0.6 is 11.8 Å². The van der Waals surface area contributed by atoms with Crippen LogP contribution in [0.2, 0.25) is 0 Å². The van der Waals surface area contributed by atoms with Crippen LogP contribution in [0.1, 0.15) is 21.5 Å². The number of halogens is 1. The van der Waals surface area contributed by atoms with Gasteiger partial charge in [0.15, 0.2) is 0 Å². The minimum atomic E-state index is -1.02. The van der Waals surface area contributed by atoms with Crippen molar-refractivity contribution >= 4 is 46.5 Å². The molecular formula is C26H19FN2O6S. The maximum Gasteiger partial charge on any atom is 0.335 e. The smallest absolute Gasteiger partial charge is 0.335 e. The number of rotatable bonds is 8. The van der Waals surface area contributed by atoms with Crippen molar-refractivity contribution in [2.45, 2.75) is 6.61 Å². The number of carboxylic acids is 1. The zero-order valence-electron chi connectivity index (χ0n) is 18.6. The highest BCUT2D eigenvalue weighted by Gasteiger charge is 2.36. The molecule has 8 nitrogen and oxygen atoms in total. The number of benzene rings is 3. The third kappa shape index (κ3) is 5.97. The van der Waals surface area contributed by atoms with E-state index in [1.807, 2.05) is 0 Å². The van der Waals surface area contributed by atoms with E-state index in [1.54, 1.807) is 36.4 Å². The number of para-hydroxylation sites is 1. The van der Waals surface area contributed by atoms with Gasteiger partial charge in [0, 0.05) is 11.3 Å². The van der Waals surface area contributed by atoms with E-state index >= 15 is 0 Å². The van der Waals surface area contributed by atoms with E-state index in [2.05, 4.69) is 5.32 Å². The molecule has 0 bridgehead atoms. The van der Waals surface area contributed by atoms with Gasteiger partial charge in [0.05, 0.1) is 10.5 Å². The van der Waals surface area contributed by atoms with Gasteiger partial charge in [-0.2, -0.15) is 0 Å². The molecule has 0 spiro atoms. The van der Waals surface area contributed by atoms with Crippen molar-refractivity contribution in [1.29, 1.82) is 0 Å². The summed E-state index contributed by atoms with van der Waals surface area (Å²) in [6.07, 6.45) is 1.52. The van der Waals surface area contributed by atoms with Crippen molar-refractivity contribution in [2.75, 3.05) is 11.9 Å². The first kappa shape index (κ1) is 24.7. The molecule has 3 aromatic rings. The van der Waals surface area contributed by atoms with E-state index in [0.29, 0.717) is 28.8 Å². The van der Waals surface area contributed by atoms with Crippen LogP contribution in [0.5, 0.6) is 5.75 Å². The molecule has 10 heteroatoms. The molecule has 182 valence electrons. The molecule has 0 radical (unpaired) electrons. The summed E-state index contributed by atoms with van der Waals surface area (Å²) in [4.78, 5) is 49.5. The number of carbonyl (C=O) groups excluding carboxylic acids is 3. The maximum absolute atomic E-state index is 13.0. The standard InChI is InChI=1S/C26H19FN2O6S/c27-19-9-11-20(12-10-19)28-23(30)14-29-24(31)22(36-26(29)34)13-18-3-1-2-4-21(18)35-15-16-5-7-17(8-6-16)25(32)33/h1-13H,14-15H2,(H,28,30)(H,32,33)/b22-13-. The highest BCUT2D eigenvalue weighted by molar-refractivity contribution is 8.18. The summed E-state index contributed by atoms with van der Waals surface area (Å²) in [7, 11) is 0. The molecular weight excluding hydrogens is 487 g/mol. The minimum absolute atomic E-state index is 0.136. The van der Waals surface area contributed by atoms with Gasteiger partial charge in [0.1, 0.15) is 24.7 Å². The molecule has 0 aromatic heterocycles. The molecule has 0 saturated carbocycles. The van der Waals surface area contributed by atoms with Crippen molar-refractivity contribution < 1.29 is 33.4 Å². The second kappa shape index (κ2) is 10.9. The molecule has 36 heavy (non-hydrogen) atoms. The SMILES string of the molecule is O=C(CN1C(=O)S/C(=C\c2ccccc2OCc2ccc(C(=O)O)cc2)C1=O)Nc1ccc(F)cc1. The number of carbonyl (C=O) groups is 4. The predicted octanol–water partition coefficient (Wildman–Crippen LogP) is 4.78. The van der Waals surface area contributed by atoms with Crippen molar-refractivity contribution in [3.05, 3.63) is 100 Å². The molecule has 1 saturated heterocycles. The van der Waals surface area contributed by atoms with Crippen molar-refractivity contribution in [3.8, 4) is 5.75 Å². The molecule has 3 aromatic carbocycles. The Morgan fingerprint density at radius 1 is 1.00 bits per heavy atom. The van der Waals surface area contributed by atoms with Crippen molar-refractivity contribution in [1.82, 2.24) is 4.90 Å². The number of ether oxygens (including phenoxy) is 1. The second-order valence-corrected chi connectivity index (χ2v) is 8.64. The first-order valence-electron chi connectivity index (χ1n) is 10.6. The van der Waals surface area contributed by atoms with Gasteiger partial charge in [0.25, 0.3) is 11.1 Å². The Labute approximate surface area is 209 Å². The van der Waals surface area contributed by atoms with Gasteiger partial charge in [0.2, 0.25) is 5.91 Å². The Kier molecular flexibility index (Phi) is 7.45. The van der Waals surface area contributed by atoms with Gasteiger partial charge in [-0.25, -0.2) is 9.18 Å². The number of hydrogen-bond donors (Lipinski definition) is 2. The molecule has 1 aliphatic rings. The van der Waals surface area contributed by atoms with Gasteiger partial charge in [-0.1, -0.05) is 30.3 Å². The van der Waals surface area contributed by atoms with Crippen LogP contribution in [0.4, 0.5) is 14.9 Å². The molecule has 1 aliphatic heterocycles. The van der Waals surface area contributed by atoms with Gasteiger partial charge in [-0.05, 0) is 65.9 Å². The van der Waals surface area contributed by atoms with Crippen LogP contribution in [0.3, 0.4) is 0 Å². The highest BCUT2D eigenvalue weighted by atomic mass is 32.2. The van der Waals surface area contributed by atoms with E-state index in [9.17, 15) is 23.6 Å². The fourth-order valence-corrected chi connectivity index (χ4v) is 4.12. The zero-order chi connectivity index (χ0) is 25.7. The molecule has 0 aliphatic carbocycles. The number of hydrogen-bond acceptors (Lipinski definition) is 6. The van der Waals surface area contributed by atoms with Gasteiger partial charge < -0.3 is 15.2 Å². The lowest BCUT2D eigenvalue weighted by Gasteiger charge is -2.12. The number of anilines is 1. The van der Waals surface area contributed by atoms with E-state index in [0.717, 1.165) is 10.5 Å². The number of amides is 3. The minimum Gasteiger partial charge on any atom is -0.488 e. The zero-order valence-corrected chi connectivity index (χ0v) is 19.5. The van der Waals surface area contributed by atoms with E-state index < -0.39 is 35.4 Å². The van der Waals surface area contributed by atoms with Gasteiger partial charge in [-0.15, -0.1) is 0 Å². The number of aromatic carboxylic acids is 1. The Balaban J connectivity index is 1.43. The first-order valence-corrected chi connectivity index (χ1v) is 11.5. The van der Waals surface area contributed by atoms with E-state index in [4.69, 9.17) is 9.84 Å². The summed E-state index contributed by atoms with van der Waals surface area (Å²) < 4.78 is 18.9. The van der Waals surface area contributed by atoms with E-state index in [-0.39, 0.29) is 17.1 Å². The Morgan fingerprint density at radius 3 is 2.39 bits per heavy atom. The quantitative estimate of drug-likeness (QED) is 0.423. The van der Waals surface area contributed by atoms with Crippen LogP contribution in [0.25, 0.3) is 6.08 Å². The molecule has 0 atom stereocenters. The summed E-state index contributed by atoms with van der Waals surface area (Å²) >= 11 is 0.712.